The molecule has 0 heterocycles. The van der Waals surface area contributed by atoms with Gasteiger partial charge in [-0.25, -0.2) is 0 Å². The Hall–Kier alpha value is -0.760. The van der Waals surface area contributed by atoms with Gasteiger partial charge in [-0.15, -0.1) is 0 Å². The molecule has 1 aromatic carbocycles. The zero-order chi connectivity index (χ0) is 8.27. The highest BCUT2D eigenvalue weighted by Gasteiger charge is 2.00. The number of hydrogen-bond acceptors (Lipinski definition) is 1. The van der Waals surface area contributed by atoms with Crippen molar-refractivity contribution < 1.29 is 5.11 Å². The van der Waals surface area contributed by atoms with Crippen LogP contribution in [0.15, 0.2) is 34.8 Å². The minimum absolute atomic E-state index is 0.303. The van der Waals surface area contributed by atoms with Gasteiger partial charge in [-0.2, -0.15) is 0 Å². The molecule has 0 atom stereocenters. The Morgan fingerprint density at radius 3 is 2.64 bits per heavy atom. The molecule has 58 valence electrons. The summed E-state index contributed by atoms with van der Waals surface area (Å²) >= 11 is 3.34. The van der Waals surface area contributed by atoms with E-state index in [4.69, 9.17) is 0 Å². The van der Waals surface area contributed by atoms with Crippen LogP contribution in [-0.4, -0.2) is 5.11 Å². The Balaban J connectivity index is 3.14. The summed E-state index contributed by atoms with van der Waals surface area (Å²) in [4.78, 5) is 0. The maximum atomic E-state index is 9.34. The number of allylic oxidation sites excluding steroid dienone is 1. The summed E-state index contributed by atoms with van der Waals surface area (Å²) in [7, 11) is 0. The molecule has 0 amide bonds. The van der Waals surface area contributed by atoms with E-state index in [0.29, 0.717) is 5.76 Å². The Morgan fingerprint density at radius 1 is 1.45 bits per heavy atom. The zero-order valence-electron chi connectivity index (χ0n) is 6.21. The van der Waals surface area contributed by atoms with Gasteiger partial charge in [0.05, 0.1) is 0 Å². The Morgan fingerprint density at radius 2 is 2.09 bits per heavy atom. The van der Waals surface area contributed by atoms with E-state index in [2.05, 4.69) is 15.9 Å². The number of hydrogen-bond donors (Lipinski definition) is 1. The Bertz CT molecular complexity index is 279. The quantitative estimate of drug-likeness (QED) is 0.709. The van der Waals surface area contributed by atoms with Crippen LogP contribution in [0.1, 0.15) is 12.5 Å². The molecule has 0 aliphatic carbocycles. The van der Waals surface area contributed by atoms with E-state index >= 15 is 0 Å². The van der Waals surface area contributed by atoms with Crippen molar-refractivity contribution in [2.75, 3.05) is 0 Å². The van der Waals surface area contributed by atoms with Crippen molar-refractivity contribution in [2.24, 2.45) is 0 Å². The lowest BCUT2D eigenvalue weighted by atomic mass is 10.2. The average Bonchev–Trinajstić information content (AvgIpc) is 2.04. The fourth-order valence-electron chi connectivity index (χ4n) is 0.824. The number of benzene rings is 1. The molecule has 0 saturated carbocycles. The second kappa shape index (κ2) is 3.58. The molecule has 0 saturated heterocycles. The van der Waals surface area contributed by atoms with Gasteiger partial charge >= 0.3 is 0 Å². The first-order valence-corrected chi connectivity index (χ1v) is 4.15. The largest absolute Gasteiger partial charge is 0.508 e. The van der Waals surface area contributed by atoms with Crippen LogP contribution in [0.3, 0.4) is 0 Å². The molecule has 0 aliphatic heterocycles. The third kappa shape index (κ3) is 1.84. The van der Waals surface area contributed by atoms with Crippen LogP contribution in [0, 0.1) is 0 Å². The average molecular weight is 213 g/mol. The van der Waals surface area contributed by atoms with Gasteiger partial charge in [0.2, 0.25) is 0 Å². The molecule has 1 N–H and O–H groups in total. The van der Waals surface area contributed by atoms with E-state index in [1.807, 2.05) is 24.3 Å². The number of aliphatic hydroxyl groups is 1. The lowest BCUT2D eigenvalue weighted by molar-refractivity contribution is 0.510. The molecular weight excluding hydrogens is 204 g/mol. The van der Waals surface area contributed by atoms with Gasteiger partial charge in [0.25, 0.3) is 0 Å². The highest BCUT2D eigenvalue weighted by atomic mass is 79.9. The molecule has 0 radical (unpaired) electrons. The van der Waals surface area contributed by atoms with Crippen LogP contribution in [-0.2, 0) is 0 Å². The van der Waals surface area contributed by atoms with Gasteiger partial charge in [0.1, 0.15) is 5.76 Å². The van der Waals surface area contributed by atoms with Crippen molar-refractivity contribution in [3.05, 3.63) is 40.4 Å². The predicted molar refractivity (Wildman–Crippen MR) is 50.4 cm³/mol. The summed E-state index contributed by atoms with van der Waals surface area (Å²) in [6.45, 7) is 1.80. The van der Waals surface area contributed by atoms with Crippen LogP contribution in [0.5, 0.6) is 0 Å². The lowest BCUT2D eigenvalue weighted by Crippen LogP contribution is -1.82. The van der Waals surface area contributed by atoms with E-state index in [-0.39, 0.29) is 0 Å². The second-order valence-electron chi connectivity index (χ2n) is 2.15. The lowest BCUT2D eigenvalue weighted by Gasteiger charge is -2.00. The highest BCUT2D eigenvalue weighted by Crippen LogP contribution is 2.21. The Labute approximate surface area is 74.5 Å². The van der Waals surface area contributed by atoms with Gasteiger partial charge < -0.3 is 5.11 Å². The van der Waals surface area contributed by atoms with E-state index in [9.17, 15) is 5.11 Å². The van der Waals surface area contributed by atoms with Crippen LogP contribution in [0.25, 0.3) is 5.76 Å². The first-order chi connectivity index (χ1) is 5.25. The van der Waals surface area contributed by atoms with Crippen molar-refractivity contribution in [2.45, 2.75) is 6.92 Å². The van der Waals surface area contributed by atoms with Crippen molar-refractivity contribution in [3.63, 3.8) is 0 Å². The molecule has 0 aromatic heterocycles. The molecule has 0 bridgehead atoms. The normalized spacial score (nSPS) is 11.6. The fraction of sp³-hybridized carbons (Fsp3) is 0.111. The standard InChI is InChI=1S/C9H9BrO/c1-2-9(11)7-5-3-4-6-8(7)10/h2-6,11H,1H3. The van der Waals surface area contributed by atoms with Crippen LogP contribution >= 0.6 is 15.9 Å². The van der Waals surface area contributed by atoms with Gasteiger partial charge in [-0.1, -0.05) is 34.1 Å². The zero-order valence-corrected chi connectivity index (χ0v) is 7.80. The minimum Gasteiger partial charge on any atom is -0.508 e. The highest BCUT2D eigenvalue weighted by molar-refractivity contribution is 9.10. The molecule has 0 spiro atoms. The molecule has 1 aromatic rings. The summed E-state index contributed by atoms with van der Waals surface area (Å²) in [5, 5.41) is 9.34. The van der Waals surface area contributed by atoms with Gasteiger partial charge in [-0.3, -0.25) is 0 Å². The van der Waals surface area contributed by atoms with Crippen molar-refractivity contribution in [3.8, 4) is 0 Å². The van der Waals surface area contributed by atoms with Crippen molar-refractivity contribution in [1.82, 2.24) is 0 Å². The van der Waals surface area contributed by atoms with Crippen molar-refractivity contribution >= 4 is 21.7 Å². The molecule has 2 heteroatoms. The fourth-order valence-corrected chi connectivity index (χ4v) is 1.31. The smallest absolute Gasteiger partial charge is 0.119 e. The van der Waals surface area contributed by atoms with E-state index in [0.717, 1.165) is 10.0 Å². The summed E-state index contributed by atoms with van der Waals surface area (Å²) in [6, 6.07) is 7.56. The van der Waals surface area contributed by atoms with Gasteiger partial charge in [-0.05, 0) is 19.1 Å². The van der Waals surface area contributed by atoms with E-state index < -0.39 is 0 Å². The number of aliphatic hydroxyl groups excluding tert-OH is 1. The van der Waals surface area contributed by atoms with Gasteiger partial charge in [0.15, 0.2) is 0 Å². The molecule has 0 aliphatic rings. The van der Waals surface area contributed by atoms with Crippen LogP contribution in [0.2, 0.25) is 0 Å². The third-order valence-corrected chi connectivity index (χ3v) is 2.11. The van der Waals surface area contributed by atoms with Gasteiger partial charge in [0, 0.05) is 10.0 Å². The van der Waals surface area contributed by atoms with E-state index in [1.165, 1.54) is 0 Å². The topological polar surface area (TPSA) is 20.2 Å². The first kappa shape index (κ1) is 8.34. The predicted octanol–water partition coefficient (Wildman–Crippen LogP) is 3.37. The van der Waals surface area contributed by atoms with Crippen LogP contribution < -0.4 is 0 Å². The van der Waals surface area contributed by atoms with Crippen LogP contribution in [0.4, 0.5) is 0 Å². The number of halogens is 1. The summed E-state index contributed by atoms with van der Waals surface area (Å²) in [5.74, 6) is 0.303. The monoisotopic (exact) mass is 212 g/mol. The SMILES string of the molecule is CC=C(O)c1ccccc1Br. The first-order valence-electron chi connectivity index (χ1n) is 3.36. The maximum Gasteiger partial charge on any atom is 0.119 e. The minimum atomic E-state index is 0.303. The summed E-state index contributed by atoms with van der Waals surface area (Å²) in [6.07, 6.45) is 1.67. The summed E-state index contributed by atoms with van der Waals surface area (Å²) in [5.41, 5.74) is 0.829. The maximum absolute atomic E-state index is 9.34. The summed E-state index contributed by atoms with van der Waals surface area (Å²) < 4.78 is 0.913. The molecule has 11 heavy (non-hydrogen) atoms. The van der Waals surface area contributed by atoms with Crippen molar-refractivity contribution in [1.29, 1.82) is 0 Å². The number of rotatable bonds is 1. The molecule has 0 unspecified atom stereocenters. The molecule has 0 fully saturated rings. The Kier molecular flexibility index (Phi) is 2.71. The molecule has 1 nitrogen and oxygen atoms in total. The second-order valence-corrected chi connectivity index (χ2v) is 3.01. The third-order valence-electron chi connectivity index (χ3n) is 1.42. The molecular formula is C9H9BrO. The van der Waals surface area contributed by atoms with E-state index in [1.54, 1.807) is 13.0 Å². The molecule has 1 rings (SSSR count).